The molecule has 0 atom stereocenters. The van der Waals surface area contributed by atoms with E-state index in [9.17, 15) is 13.2 Å². The average Bonchev–Trinajstić information content (AvgIpc) is 2.38. The largest absolute Gasteiger partial charge is 0.392 e. The topological polar surface area (TPSA) is 20.2 Å². The first kappa shape index (κ1) is 13.4. The number of aliphatic hydroxyl groups is 1. The van der Waals surface area contributed by atoms with Gasteiger partial charge >= 0.3 is 6.18 Å². The summed E-state index contributed by atoms with van der Waals surface area (Å²) in [6.07, 6.45) is -2.37. The van der Waals surface area contributed by atoms with Crippen molar-refractivity contribution in [3.05, 3.63) is 35.4 Å². The summed E-state index contributed by atoms with van der Waals surface area (Å²) in [5, 5.41) is 8.94. The Morgan fingerprint density at radius 1 is 1.00 bits per heavy atom. The number of hydrogen-bond donors (Lipinski definition) is 1. The molecule has 4 heteroatoms. The summed E-state index contributed by atoms with van der Waals surface area (Å²) in [6, 6.07) is 7.52. The van der Waals surface area contributed by atoms with Gasteiger partial charge in [-0.25, -0.2) is 0 Å². The van der Waals surface area contributed by atoms with Crippen LogP contribution in [0.3, 0.4) is 0 Å². The number of halogens is 3. The van der Waals surface area contributed by atoms with Gasteiger partial charge in [-0.3, -0.25) is 0 Å². The molecule has 1 aliphatic carbocycles. The Labute approximate surface area is 105 Å². The molecule has 1 N–H and O–H groups in total. The van der Waals surface area contributed by atoms with Gasteiger partial charge in [-0.2, -0.15) is 13.2 Å². The first-order valence-electron chi connectivity index (χ1n) is 6.27. The maximum absolute atomic E-state index is 12.5. The lowest BCUT2D eigenvalue weighted by molar-refractivity contribution is -0.182. The Morgan fingerprint density at radius 2 is 1.56 bits per heavy atom. The molecular weight excluding hydrogens is 241 g/mol. The molecule has 0 amide bonds. The molecule has 0 radical (unpaired) electrons. The van der Waals surface area contributed by atoms with Crippen molar-refractivity contribution in [2.24, 2.45) is 5.92 Å². The van der Waals surface area contributed by atoms with E-state index in [1.165, 1.54) is 0 Å². The fourth-order valence-electron chi connectivity index (χ4n) is 2.65. The Morgan fingerprint density at radius 3 is 2.00 bits per heavy atom. The number of rotatable bonds is 2. The van der Waals surface area contributed by atoms with E-state index in [1.54, 1.807) is 0 Å². The summed E-state index contributed by atoms with van der Waals surface area (Å²) in [6.45, 7) is 0.00109. The van der Waals surface area contributed by atoms with Gasteiger partial charge < -0.3 is 5.11 Å². The van der Waals surface area contributed by atoms with Crippen LogP contribution < -0.4 is 0 Å². The van der Waals surface area contributed by atoms with Crippen molar-refractivity contribution >= 4 is 0 Å². The van der Waals surface area contributed by atoms with E-state index >= 15 is 0 Å². The summed E-state index contributed by atoms with van der Waals surface area (Å²) in [5.74, 6) is -0.887. The lowest BCUT2D eigenvalue weighted by atomic mass is 9.78. The standard InChI is InChI=1S/C14H17F3O/c15-14(16,17)13-7-5-12(6-8-13)11-3-1-10(9-18)2-4-11/h1-4,12-13,18H,5-9H2. The van der Waals surface area contributed by atoms with Gasteiger partial charge in [0.1, 0.15) is 0 Å². The van der Waals surface area contributed by atoms with E-state index < -0.39 is 12.1 Å². The second-order valence-corrected chi connectivity index (χ2v) is 4.99. The summed E-state index contributed by atoms with van der Waals surface area (Å²) in [7, 11) is 0. The van der Waals surface area contributed by atoms with Gasteiger partial charge in [0.25, 0.3) is 0 Å². The van der Waals surface area contributed by atoms with Crippen LogP contribution in [0, 0.1) is 5.92 Å². The zero-order valence-corrected chi connectivity index (χ0v) is 10.1. The SMILES string of the molecule is OCc1ccc(C2CCC(C(F)(F)F)CC2)cc1. The lowest BCUT2D eigenvalue weighted by Gasteiger charge is -2.30. The Balaban J connectivity index is 1.96. The van der Waals surface area contributed by atoms with Crippen molar-refractivity contribution in [1.29, 1.82) is 0 Å². The van der Waals surface area contributed by atoms with Crippen molar-refractivity contribution in [1.82, 2.24) is 0 Å². The Hall–Kier alpha value is -1.03. The highest BCUT2D eigenvalue weighted by atomic mass is 19.4. The molecule has 0 aliphatic heterocycles. The molecule has 1 aromatic rings. The van der Waals surface area contributed by atoms with Crippen molar-refractivity contribution < 1.29 is 18.3 Å². The van der Waals surface area contributed by atoms with Crippen LogP contribution in [0.15, 0.2) is 24.3 Å². The van der Waals surface area contributed by atoms with Crippen LogP contribution in [0.4, 0.5) is 13.2 Å². The first-order chi connectivity index (χ1) is 8.50. The van der Waals surface area contributed by atoms with Crippen molar-refractivity contribution in [3.8, 4) is 0 Å². The third-order valence-corrected chi connectivity index (χ3v) is 3.82. The molecule has 0 unspecified atom stereocenters. The van der Waals surface area contributed by atoms with Crippen molar-refractivity contribution in [2.75, 3.05) is 0 Å². The molecule has 1 aliphatic rings. The number of benzene rings is 1. The first-order valence-corrected chi connectivity index (χ1v) is 6.27. The van der Waals surface area contributed by atoms with Crippen LogP contribution in [0.5, 0.6) is 0 Å². The van der Waals surface area contributed by atoms with Crippen LogP contribution in [0.2, 0.25) is 0 Å². The molecule has 100 valence electrons. The van der Waals surface area contributed by atoms with Crippen molar-refractivity contribution in [3.63, 3.8) is 0 Å². The van der Waals surface area contributed by atoms with E-state index in [1.807, 2.05) is 24.3 Å². The Bertz CT molecular complexity index is 375. The van der Waals surface area contributed by atoms with E-state index in [4.69, 9.17) is 5.11 Å². The summed E-state index contributed by atoms with van der Waals surface area (Å²) < 4.78 is 37.6. The summed E-state index contributed by atoms with van der Waals surface area (Å²) in [4.78, 5) is 0. The molecule has 0 bridgehead atoms. The third-order valence-electron chi connectivity index (χ3n) is 3.82. The molecule has 1 aromatic carbocycles. The smallest absolute Gasteiger partial charge is 0.391 e. The van der Waals surface area contributed by atoms with Gasteiger partial charge in [0.05, 0.1) is 12.5 Å². The molecule has 0 aromatic heterocycles. The summed E-state index contributed by atoms with van der Waals surface area (Å²) in [5.41, 5.74) is 1.93. The van der Waals surface area contributed by atoms with Gasteiger partial charge in [0.2, 0.25) is 0 Å². The molecule has 1 nitrogen and oxygen atoms in total. The quantitative estimate of drug-likeness (QED) is 0.849. The van der Waals surface area contributed by atoms with Gasteiger partial charge in [-0.05, 0) is 42.7 Å². The molecule has 2 rings (SSSR count). The molecular formula is C14H17F3O. The van der Waals surface area contributed by atoms with Gasteiger partial charge in [-0.1, -0.05) is 24.3 Å². The highest BCUT2D eigenvalue weighted by molar-refractivity contribution is 5.25. The second kappa shape index (κ2) is 5.31. The zero-order valence-electron chi connectivity index (χ0n) is 10.1. The second-order valence-electron chi connectivity index (χ2n) is 4.99. The third kappa shape index (κ3) is 3.05. The molecule has 0 spiro atoms. The van der Waals surface area contributed by atoms with Crippen LogP contribution in [-0.4, -0.2) is 11.3 Å². The highest BCUT2D eigenvalue weighted by Crippen LogP contribution is 2.42. The molecule has 18 heavy (non-hydrogen) atoms. The fraction of sp³-hybridized carbons (Fsp3) is 0.571. The van der Waals surface area contributed by atoms with Gasteiger partial charge in [0, 0.05) is 0 Å². The number of alkyl halides is 3. The van der Waals surface area contributed by atoms with Crippen LogP contribution in [-0.2, 0) is 6.61 Å². The van der Waals surface area contributed by atoms with Crippen molar-refractivity contribution in [2.45, 2.75) is 44.4 Å². The minimum Gasteiger partial charge on any atom is -0.392 e. The van der Waals surface area contributed by atoms with Crippen LogP contribution in [0.25, 0.3) is 0 Å². The zero-order chi connectivity index (χ0) is 13.2. The van der Waals surface area contributed by atoms with E-state index in [-0.39, 0.29) is 25.4 Å². The molecule has 1 saturated carbocycles. The molecule has 0 saturated heterocycles. The maximum atomic E-state index is 12.5. The van der Waals surface area contributed by atoms with E-state index in [2.05, 4.69) is 0 Å². The number of aliphatic hydroxyl groups excluding tert-OH is 1. The van der Waals surface area contributed by atoms with Gasteiger partial charge in [-0.15, -0.1) is 0 Å². The monoisotopic (exact) mass is 258 g/mol. The van der Waals surface area contributed by atoms with Crippen LogP contribution >= 0.6 is 0 Å². The normalized spacial score (nSPS) is 25.1. The summed E-state index contributed by atoms with van der Waals surface area (Å²) >= 11 is 0. The van der Waals surface area contributed by atoms with E-state index in [0.29, 0.717) is 12.8 Å². The number of hydrogen-bond acceptors (Lipinski definition) is 1. The predicted molar refractivity (Wildman–Crippen MR) is 63.1 cm³/mol. The van der Waals surface area contributed by atoms with Gasteiger partial charge in [0.15, 0.2) is 0 Å². The highest BCUT2D eigenvalue weighted by Gasteiger charge is 2.41. The minimum absolute atomic E-state index is 0.00109. The van der Waals surface area contributed by atoms with Crippen LogP contribution in [0.1, 0.15) is 42.7 Å². The molecule has 1 fully saturated rings. The predicted octanol–water partition coefficient (Wildman–Crippen LogP) is 4.02. The lowest BCUT2D eigenvalue weighted by Crippen LogP contribution is -2.27. The molecule has 0 heterocycles. The average molecular weight is 258 g/mol. The minimum atomic E-state index is -4.04. The Kier molecular flexibility index (Phi) is 3.95. The fourth-order valence-corrected chi connectivity index (χ4v) is 2.65. The maximum Gasteiger partial charge on any atom is 0.391 e. The van der Waals surface area contributed by atoms with E-state index in [0.717, 1.165) is 11.1 Å².